The molecule has 0 N–H and O–H groups in total. The van der Waals surface area contributed by atoms with Crippen molar-refractivity contribution in [2.45, 2.75) is 19.9 Å². The SMILES string of the molecule is CCOC(=O)C1=C(C)N=c2s/c(=C/c3ccc(Cl)c(Cl)c3)c(=O)n2[C@@H]1/C=C/c1ccccc1. The molecule has 2 heterocycles. The van der Waals surface area contributed by atoms with Crippen LogP contribution in [0.2, 0.25) is 10.0 Å². The number of hydrogen-bond acceptors (Lipinski definition) is 5. The third-order valence-electron chi connectivity index (χ3n) is 5.07. The smallest absolute Gasteiger partial charge is 0.338 e. The summed E-state index contributed by atoms with van der Waals surface area (Å²) in [4.78, 5) is 31.3. The number of fused-ring (bicyclic) bond motifs is 1. The largest absolute Gasteiger partial charge is 0.463 e. The minimum atomic E-state index is -0.642. The number of allylic oxidation sites excluding steroid dienone is 2. The van der Waals surface area contributed by atoms with Crippen molar-refractivity contribution < 1.29 is 9.53 Å². The molecule has 0 spiro atoms. The fraction of sp³-hybridized carbons (Fsp3) is 0.160. The van der Waals surface area contributed by atoms with Crippen LogP contribution in [-0.4, -0.2) is 17.1 Å². The average Bonchev–Trinajstić information content (AvgIpc) is 3.09. The van der Waals surface area contributed by atoms with Gasteiger partial charge in [-0.3, -0.25) is 9.36 Å². The fourth-order valence-electron chi connectivity index (χ4n) is 3.54. The summed E-state index contributed by atoms with van der Waals surface area (Å²) in [6, 6.07) is 14.2. The van der Waals surface area contributed by atoms with Gasteiger partial charge in [0.05, 0.1) is 38.5 Å². The van der Waals surface area contributed by atoms with E-state index < -0.39 is 12.0 Å². The lowest BCUT2D eigenvalue weighted by Crippen LogP contribution is -2.38. The minimum absolute atomic E-state index is 0.229. The summed E-state index contributed by atoms with van der Waals surface area (Å²) in [5, 5.41) is 0.846. The van der Waals surface area contributed by atoms with Crippen LogP contribution >= 0.6 is 34.5 Å². The Labute approximate surface area is 204 Å². The second-order valence-corrected chi connectivity index (χ2v) is 9.11. The first kappa shape index (κ1) is 23.2. The molecule has 0 bridgehead atoms. The molecule has 168 valence electrons. The number of rotatable bonds is 5. The van der Waals surface area contributed by atoms with E-state index in [1.807, 2.05) is 42.5 Å². The predicted octanol–water partition coefficient (Wildman–Crippen LogP) is 4.77. The zero-order chi connectivity index (χ0) is 23.5. The van der Waals surface area contributed by atoms with Crippen molar-refractivity contribution in [2.24, 2.45) is 4.99 Å². The Kier molecular flexibility index (Phi) is 6.98. The highest BCUT2D eigenvalue weighted by atomic mass is 35.5. The molecule has 0 amide bonds. The second-order valence-electron chi connectivity index (χ2n) is 7.29. The van der Waals surface area contributed by atoms with Gasteiger partial charge in [0.15, 0.2) is 4.80 Å². The lowest BCUT2D eigenvalue weighted by molar-refractivity contribution is -0.139. The maximum atomic E-state index is 13.4. The summed E-state index contributed by atoms with van der Waals surface area (Å²) >= 11 is 13.4. The Morgan fingerprint density at radius 1 is 1.15 bits per heavy atom. The van der Waals surface area contributed by atoms with Crippen molar-refractivity contribution in [2.75, 3.05) is 6.61 Å². The number of carbonyl (C=O) groups is 1. The van der Waals surface area contributed by atoms with Crippen molar-refractivity contribution in [1.29, 1.82) is 0 Å². The summed E-state index contributed by atoms with van der Waals surface area (Å²) in [5.74, 6) is -0.486. The molecule has 2 aromatic carbocycles. The van der Waals surface area contributed by atoms with Crippen LogP contribution in [0.1, 0.15) is 31.0 Å². The Morgan fingerprint density at radius 2 is 1.91 bits per heavy atom. The topological polar surface area (TPSA) is 60.7 Å². The molecule has 8 heteroatoms. The van der Waals surface area contributed by atoms with Crippen molar-refractivity contribution in [3.05, 3.63) is 107 Å². The highest BCUT2D eigenvalue weighted by molar-refractivity contribution is 7.07. The maximum Gasteiger partial charge on any atom is 0.338 e. The molecule has 1 aliphatic rings. The molecule has 0 unspecified atom stereocenters. The molecule has 1 atom stereocenters. The van der Waals surface area contributed by atoms with Crippen molar-refractivity contribution in [1.82, 2.24) is 4.57 Å². The highest BCUT2D eigenvalue weighted by Crippen LogP contribution is 2.27. The number of halogens is 2. The summed E-state index contributed by atoms with van der Waals surface area (Å²) < 4.78 is 7.29. The minimum Gasteiger partial charge on any atom is -0.463 e. The number of nitrogens with zero attached hydrogens (tertiary/aromatic N) is 2. The normalized spacial score (nSPS) is 16.1. The quantitative estimate of drug-likeness (QED) is 0.476. The number of thiazole rings is 1. The molecule has 0 fully saturated rings. The molecule has 3 aromatic rings. The van der Waals surface area contributed by atoms with E-state index in [9.17, 15) is 9.59 Å². The molecule has 5 nitrogen and oxygen atoms in total. The zero-order valence-electron chi connectivity index (χ0n) is 17.9. The van der Waals surface area contributed by atoms with Crippen molar-refractivity contribution >= 4 is 52.7 Å². The molecule has 0 saturated carbocycles. The summed E-state index contributed by atoms with van der Waals surface area (Å²) in [6.45, 7) is 3.73. The number of benzene rings is 2. The maximum absolute atomic E-state index is 13.4. The van der Waals surface area contributed by atoms with Gasteiger partial charge in [-0.2, -0.15) is 0 Å². The summed E-state index contributed by atoms with van der Waals surface area (Å²) in [5.41, 5.74) is 2.32. The van der Waals surface area contributed by atoms with Gasteiger partial charge < -0.3 is 4.74 Å². The van der Waals surface area contributed by atoms with E-state index in [0.29, 0.717) is 30.6 Å². The summed E-state index contributed by atoms with van der Waals surface area (Å²) in [6.07, 6.45) is 5.46. The van der Waals surface area contributed by atoms with Crippen LogP contribution in [0, 0.1) is 0 Å². The monoisotopic (exact) mass is 498 g/mol. The Balaban J connectivity index is 1.87. The average molecular weight is 499 g/mol. The first-order valence-corrected chi connectivity index (χ1v) is 11.8. The summed E-state index contributed by atoms with van der Waals surface area (Å²) in [7, 11) is 0. The molecule has 0 aliphatic carbocycles. The first-order chi connectivity index (χ1) is 15.9. The van der Waals surface area contributed by atoms with Crippen LogP contribution in [0.3, 0.4) is 0 Å². The van der Waals surface area contributed by atoms with Gasteiger partial charge in [0.2, 0.25) is 0 Å². The highest BCUT2D eigenvalue weighted by Gasteiger charge is 2.30. The Bertz CT molecular complexity index is 1450. The van der Waals surface area contributed by atoms with Gasteiger partial charge in [0.1, 0.15) is 0 Å². The molecule has 0 radical (unpaired) electrons. The van der Waals surface area contributed by atoms with Crippen LogP contribution in [0.4, 0.5) is 0 Å². The number of esters is 1. The molecule has 0 saturated heterocycles. The Morgan fingerprint density at radius 3 is 2.61 bits per heavy atom. The number of ether oxygens (including phenoxy) is 1. The van der Waals surface area contributed by atoms with E-state index in [0.717, 1.165) is 11.1 Å². The number of carbonyl (C=O) groups excluding carboxylic acids is 1. The van der Waals surface area contributed by atoms with Crippen LogP contribution < -0.4 is 14.9 Å². The van der Waals surface area contributed by atoms with E-state index in [4.69, 9.17) is 27.9 Å². The molecule has 1 aromatic heterocycles. The van der Waals surface area contributed by atoms with Gasteiger partial charge in [-0.15, -0.1) is 0 Å². The molecule has 33 heavy (non-hydrogen) atoms. The van der Waals surface area contributed by atoms with Crippen LogP contribution in [0.15, 0.2) is 75.7 Å². The molecular formula is C25H20Cl2N2O3S. The number of hydrogen-bond donors (Lipinski definition) is 0. The van der Waals surface area contributed by atoms with E-state index in [1.54, 1.807) is 38.1 Å². The van der Waals surface area contributed by atoms with Gasteiger partial charge in [0, 0.05) is 0 Å². The van der Waals surface area contributed by atoms with Gasteiger partial charge in [-0.25, -0.2) is 9.79 Å². The second kappa shape index (κ2) is 9.91. The number of aromatic nitrogens is 1. The third-order valence-corrected chi connectivity index (χ3v) is 6.79. The van der Waals surface area contributed by atoms with E-state index in [1.165, 1.54) is 15.9 Å². The lowest BCUT2D eigenvalue weighted by atomic mass is 10.0. The van der Waals surface area contributed by atoms with Crippen LogP contribution in [-0.2, 0) is 9.53 Å². The lowest BCUT2D eigenvalue weighted by Gasteiger charge is -2.21. The van der Waals surface area contributed by atoms with Crippen LogP contribution in [0.5, 0.6) is 0 Å². The zero-order valence-corrected chi connectivity index (χ0v) is 20.2. The van der Waals surface area contributed by atoms with Gasteiger partial charge in [-0.1, -0.05) is 83.1 Å². The van der Waals surface area contributed by atoms with Crippen LogP contribution in [0.25, 0.3) is 12.2 Å². The molecular weight excluding hydrogens is 479 g/mol. The van der Waals surface area contributed by atoms with E-state index in [2.05, 4.69) is 4.99 Å². The standard InChI is InChI=1S/C25H20Cl2N2O3S/c1-3-32-24(31)22-15(2)28-25-29(20(22)12-10-16-7-5-4-6-8-16)23(30)21(33-25)14-17-9-11-18(26)19(27)13-17/h4-14,20H,3H2,1-2H3/b12-10+,21-14+/t20-/m1/s1. The van der Waals surface area contributed by atoms with Crippen molar-refractivity contribution in [3.8, 4) is 0 Å². The van der Waals surface area contributed by atoms with Gasteiger partial charge in [-0.05, 0) is 43.2 Å². The fourth-order valence-corrected chi connectivity index (χ4v) is 4.90. The first-order valence-electron chi connectivity index (χ1n) is 10.3. The van der Waals surface area contributed by atoms with Gasteiger partial charge in [0.25, 0.3) is 5.56 Å². The molecule has 4 rings (SSSR count). The van der Waals surface area contributed by atoms with E-state index >= 15 is 0 Å². The Hall–Kier alpha value is -2.93. The predicted molar refractivity (Wildman–Crippen MR) is 133 cm³/mol. The molecule has 1 aliphatic heterocycles. The van der Waals surface area contributed by atoms with E-state index in [-0.39, 0.29) is 12.2 Å². The van der Waals surface area contributed by atoms with Crippen molar-refractivity contribution in [3.63, 3.8) is 0 Å². The van der Waals surface area contributed by atoms with Gasteiger partial charge >= 0.3 is 5.97 Å². The third kappa shape index (κ3) is 4.88.